The van der Waals surface area contributed by atoms with Gasteiger partial charge in [0.2, 0.25) is 0 Å². The Morgan fingerprint density at radius 1 is 1.47 bits per heavy atom. The zero-order valence-corrected chi connectivity index (χ0v) is 9.60. The highest BCUT2D eigenvalue weighted by Gasteiger charge is 2.31. The Kier molecular flexibility index (Phi) is 3.33. The second-order valence-electron chi connectivity index (χ2n) is 4.61. The minimum absolute atomic E-state index is 0.00732. The smallest absolute Gasteiger partial charge is 0.303 e. The first kappa shape index (κ1) is 11.9. The van der Waals surface area contributed by atoms with Crippen LogP contribution in [-0.2, 0) is 11.2 Å². The Labute approximate surface area is 100 Å². The van der Waals surface area contributed by atoms with Crippen LogP contribution in [0.4, 0.5) is 0 Å². The molecule has 2 atom stereocenters. The van der Waals surface area contributed by atoms with Gasteiger partial charge in [-0.1, -0.05) is 12.1 Å². The first-order valence-corrected chi connectivity index (χ1v) is 5.87. The summed E-state index contributed by atoms with van der Waals surface area (Å²) in [7, 11) is 0. The van der Waals surface area contributed by atoms with E-state index in [9.17, 15) is 9.90 Å². The molecule has 0 bridgehead atoms. The Hall–Kier alpha value is -1.55. The number of rotatable bonds is 4. The molecule has 1 aromatic carbocycles. The lowest BCUT2D eigenvalue weighted by Gasteiger charge is -2.15. The van der Waals surface area contributed by atoms with Crippen LogP contribution < -0.4 is 5.73 Å². The molecule has 4 heteroatoms. The maximum Gasteiger partial charge on any atom is 0.303 e. The predicted octanol–water partition coefficient (Wildman–Crippen LogP) is 1.61. The summed E-state index contributed by atoms with van der Waals surface area (Å²) < 4.78 is 0. The summed E-state index contributed by atoms with van der Waals surface area (Å²) in [6, 6.07) is 5.46. The average molecular weight is 235 g/mol. The Bertz CT molecular complexity index is 431. The number of phenols is 1. The number of aliphatic carboxylic acids is 1. The molecule has 4 nitrogen and oxygen atoms in total. The number of phenolic OH excluding ortho intramolecular Hbond substituents is 1. The third kappa shape index (κ3) is 2.42. The van der Waals surface area contributed by atoms with E-state index in [1.165, 1.54) is 0 Å². The third-order valence-corrected chi connectivity index (χ3v) is 3.45. The van der Waals surface area contributed by atoms with E-state index in [1.54, 1.807) is 6.07 Å². The number of nitrogens with two attached hydrogens (primary N) is 1. The van der Waals surface area contributed by atoms with Crippen molar-refractivity contribution in [3.8, 4) is 5.75 Å². The molecule has 1 aromatic rings. The summed E-state index contributed by atoms with van der Waals surface area (Å²) in [5.41, 5.74) is 8.07. The first-order chi connectivity index (χ1) is 8.09. The van der Waals surface area contributed by atoms with Crippen LogP contribution in [0.25, 0.3) is 0 Å². The van der Waals surface area contributed by atoms with Crippen molar-refractivity contribution in [3.63, 3.8) is 0 Å². The van der Waals surface area contributed by atoms with E-state index in [2.05, 4.69) is 0 Å². The SMILES string of the molecule is NC1Cc2c(O)cccc2C1CCCC(=O)O. The zero-order chi connectivity index (χ0) is 12.4. The molecular weight excluding hydrogens is 218 g/mol. The van der Waals surface area contributed by atoms with Crippen molar-refractivity contribution in [2.75, 3.05) is 0 Å². The third-order valence-electron chi connectivity index (χ3n) is 3.45. The largest absolute Gasteiger partial charge is 0.508 e. The van der Waals surface area contributed by atoms with Crippen molar-refractivity contribution >= 4 is 5.97 Å². The summed E-state index contributed by atoms with van der Waals surface area (Å²) in [6.45, 7) is 0. The molecule has 0 amide bonds. The number of aromatic hydroxyl groups is 1. The van der Waals surface area contributed by atoms with Crippen LogP contribution in [0.1, 0.15) is 36.3 Å². The minimum atomic E-state index is -0.771. The van der Waals surface area contributed by atoms with Gasteiger partial charge in [-0.2, -0.15) is 0 Å². The maximum atomic E-state index is 10.5. The molecular formula is C13H17NO3. The van der Waals surface area contributed by atoms with Gasteiger partial charge in [-0.25, -0.2) is 0 Å². The van der Waals surface area contributed by atoms with Crippen molar-refractivity contribution in [1.29, 1.82) is 0 Å². The lowest BCUT2D eigenvalue weighted by molar-refractivity contribution is -0.137. The van der Waals surface area contributed by atoms with E-state index in [4.69, 9.17) is 10.8 Å². The standard InChI is InChI=1S/C13H17NO3/c14-11-7-10-8(3-1-5-12(10)15)9(11)4-2-6-13(16)17/h1,3,5,9,11,15H,2,4,6-7,14H2,(H,16,17). The van der Waals surface area contributed by atoms with Gasteiger partial charge in [0.05, 0.1) is 0 Å². The topological polar surface area (TPSA) is 83.5 Å². The van der Waals surface area contributed by atoms with Crippen LogP contribution in [0.3, 0.4) is 0 Å². The number of hydrogen-bond donors (Lipinski definition) is 3. The average Bonchev–Trinajstić information content (AvgIpc) is 2.57. The molecule has 0 aromatic heterocycles. The fraction of sp³-hybridized carbons (Fsp3) is 0.462. The van der Waals surface area contributed by atoms with E-state index >= 15 is 0 Å². The van der Waals surface area contributed by atoms with Crippen molar-refractivity contribution in [3.05, 3.63) is 29.3 Å². The Morgan fingerprint density at radius 3 is 2.94 bits per heavy atom. The molecule has 17 heavy (non-hydrogen) atoms. The quantitative estimate of drug-likeness (QED) is 0.740. The molecule has 0 saturated carbocycles. The second-order valence-corrected chi connectivity index (χ2v) is 4.61. The van der Waals surface area contributed by atoms with Gasteiger partial charge in [-0.05, 0) is 42.4 Å². The van der Waals surface area contributed by atoms with Crippen LogP contribution in [0, 0.1) is 0 Å². The molecule has 0 fully saturated rings. The molecule has 0 heterocycles. The number of carboxylic acids is 1. The summed E-state index contributed by atoms with van der Waals surface area (Å²) in [5.74, 6) is -0.289. The van der Waals surface area contributed by atoms with E-state index in [0.29, 0.717) is 18.6 Å². The van der Waals surface area contributed by atoms with Crippen LogP contribution in [0.5, 0.6) is 5.75 Å². The molecule has 92 valence electrons. The van der Waals surface area contributed by atoms with Gasteiger partial charge in [-0.15, -0.1) is 0 Å². The minimum Gasteiger partial charge on any atom is -0.508 e. The van der Waals surface area contributed by atoms with Gasteiger partial charge in [0.15, 0.2) is 0 Å². The zero-order valence-electron chi connectivity index (χ0n) is 9.60. The van der Waals surface area contributed by atoms with Gasteiger partial charge >= 0.3 is 5.97 Å². The molecule has 2 rings (SSSR count). The van der Waals surface area contributed by atoms with E-state index < -0.39 is 5.97 Å². The number of carbonyl (C=O) groups is 1. The molecule has 0 aliphatic heterocycles. The van der Waals surface area contributed by atoms with Crippen molar-refractivity contribution in [2.24, 2.45) is 5.73 Å². The lowest BCUT2D eigenvalue weighted by Crippen LogP contribution is -2.25. The fourth-order valence-electron chi connectivity index (χ4n) is 2.61. The number of benzene rings is 1. The molecule has 1 aliphatic rings. The van der Waals surface area contributed by atoms with Crippen molar-refractivity contribution < 1.29 is 15.0 Å². The molecule has 0 saturated heterocycles. The van der Waals surface area contributed by atoms with Crippen LogP contribution in [0.15, 0.2) is 18.2 Å². The molecule has 1 aliphatic carbocycles. The van der Waals surface area contributed by atoms with E-state index in [1.807, 2.05) is 12.1 Å². The second kappa shape index (κ2) is 4.75. The van der Waals surface area contributed by atoms with Crippen LogP contribution in [-0.4, -0.2) is 22.2 Å². The highest BCUT2D eigenvalue weighted by molar-refractivity contribution is 5.66. The lowest BCUT2D eigenvalue weighted by atomic mass is 9.93. The Morgan fingerprint density at radius 2 is 2.24 bits per heavy atom. The normalized spacial score (nSPS) is 22.4. The molecule has 4 N–H and O–H groups in total. The number of hydrogen-bond acceptors (Lipinski definition) is 3. The van der Waals surface area contributed by atoms with Gasteiger partial charge in [0.25, 0.3) is 0 Å². The molecule has 0 spiro atoms. The van der Waals surface area contributed by atoms with E-state index in [0.717, 1.165) is 17.5 Å². The first-order valence-electron chi connectivity index (χ1n) is 5.87. The summed E-state index contributed by atoms with van der Waals surface area (Å²) in [4.78, 5) is 10.5. The predicted molar refractivity (Wildman–Crippen MR) is 64.0 cm³/mol. The monoisotopic (exact) mass is 235 g/mol. The summed E-state index contributed by atoms with van der Waals surface area (Å²) in [5, 5.41) is 18.4. The maximum absolute atomic E-state index is 10.5. The van der Waals surface area contributed by atoms with Crippen LogP contribution >= 0.6 is 0 Å². The van der Waals surface area contributed by atoms with Crippen molar-refractivity contribution in [2.45, 2.75) is 37.6 Å². The van der Waals surface area contributed by atoms with Gasteiger partial charge in [-0.3, -0.25) is 4.79 Å². The van der Waals surface area contributed by atoms with E-state index in [-0.39, 0.29) is 18.4 Å². The van der Waals surface area contributed by atoms with Gasteiger partial charge < -0.3 is 15.9 Å². The van der Waals surface area contributed by atoms with Crippen LogP contribution in [0.2, 0.25) is 0 Å². The Balaban J connectivity index is 2.09. The fourth-order valence-corrected chi connectivity index (χ4v) is 2.61. The van der Waals surface area contributed by atoms with Gasteiger partial charge in [0, 0.05) is 12.5 Å². The highest BCUT2D eigenvalue weighted by atomic mass is 16.4. The summed E-state index contributed by atoms with van der Waals surface area (Å²) >= 11 is 0. The van der Waals surface area contributed by atoms with Gasteiger partial charge in [0.1, 0.15) is 5.75 Å². The molecule has 0 radical (unpaired) electrons. The number of fused-ring (bicyclic) bond motifs is 1. The number of carboxylic acid groups (broad SMARTS) is 1. The summed E-state index contributed by atoms with van der Waals surface area (Å²) in [6.07, 6.45) is 2.25. The molecule has 2 unspecified atom stereocenters. The highest BCUT2D eigenvalue weighted by Crippen LogP contribution is 2.39. The van der Waals surface area contributed by atoms with Crippen molar-refractivity contribution in [1.82, 2.24) is 0 Å².